The lowest BCUT2D eigenvalue weighted by molar-refractivity contribution is -0.0553. The number of fused-ring (bicyclic) bond motifs is 1. The molecule has 19 heavy (non-hydrogen) atoms. The molecule has 1 aromatic heterocycles. The third kappa shape index (κ3) is 3.11. The number of hydrogen-bond donors (Lipinski definition) is 1. The Kier molecular flexibility index (Phi) is 4.51. The van der Waals surface area contributed by atoms with Gasteiger partial charge in [0.2, 0.25) is 0 Å². The maximum atomic E-state index is 6.07. The second kappa shape index (κ2) is 6.13. The van der Waals surface area contributed by atoms with Crippen LogP contribution in [0.2, 0.25) is 0 Å². The van der Waals surface area contributed by atoms with Crippen molar-refractivity contribution in [2.24, 2.45) is 5.73 Å². The van der Waals surface area contributed by atoms with E-state index in [1.807, 2.05) is 18.3 Å². The Labute approximate surface area is 114 Å². The van der Waals surface area contributed by atoms with Crippen molar-refractivity contribution in [3.05, 3.63) is 42.1 Å². The second-order valence-corrected chi connectivity index (χ2v) is 4.91. The second-order valence-electron chi connectivity index (χ2n) is 4.91. The lowest BCUT2D eigenvalue weighted by atomic mass is 9.97. The van der Waals surface area contributed by atoms with E-state index in [0.29, 0.717) is 13.2 Å². The molecule has 2 rings (SSSR count). The van der Waals surface area contributed by atoms with Crippen molar-refractivity contribution >= 4 is 10.9 Å². The molecule has 0 aliphatic rings. The average Bonchev–Trinajstić information content (AvgIpc) is 2.49. The molecule has 0 saturated carbocycles. The van der Waals surface area contributed by atoms with Crippen LogP contribution in [0.5, 0.6) is 0 Å². The van der Waals surface area contributed by atoms with Crippen molar-refractivity contribution < 1.29 is 4.74 Å². The summed E-state index contributed by atoms with van der Waals surface area (Å²) in [6, 6.07) is 10.3. The Morgan fingerprint density at radius 3 is 2.68 bits per heavy atom. The molecule has 3 heteroatoms. The summed E-state index contributed by atoms with van der Waals surface area (Å²) in [4.78, 5) is 4.32. The van der Waals surface area contributed by atoms with E-state index >= 15 is 0 Å². The lowest BCUT2D eigenvalue weighted by Gasteiger charge is -2.30. The summed E-state index contributed by atoms with van der Waals surface area (Å²) in [6.45, 7) is 5.42. The van der Waals surface area contributed by atoms with Gasteiger partial charge in [-0.25, -0.2) is 0 Å². The predicted octanol–water partition coefficient (Wildman–Crippen LogP) is 3.27. The minimum Gasteiger partial charge on any atom is -0.369 e. The molecule has 2 aromatic rings. The molecule has 0 aliphatic heterocycles. The summed E-state index contributed by atoms with van der Waals surface area (Å²) < 4.78 is 6.07. The summed E-state index contributed by atoms with van der Waals surface area (Å²) in [7, 11) is 0. The molecule has 1 heterocycles. The van der Waals surface area contributed by atoms with Gasteiger partial charge in [0.1, 0.15) is 0 Å². The van der Waals surface area contributed by atoms with Crippen LogP contribution in [0.25, 0.3) is 10.9 Å². The number of aromatic nitrogens is 1. The van der Waals surface area contributed by atoms with Gasteiger partial charge in [0, 0.05) is 18.1 Å². The quantitative estimate of drug-likeness (QED) is 0.865. The Balaban J connectivity index is 2.13. The minimum atomic E-state index is -0.191. The van der Waals surface area contributed by atoms with Gasteiger partial charge in [0.15, 0.2) is 0 Å². The SMILES string of the molecule is CCC(CC)(CN)OCc1ccc2ncccc2c1. The monoisotopic (exact) mass is 258 g/mol. The van der Waals surface area contributed by atoms with Gasteiger partial charge in [-0.3, -0.25) is 4.98 Å². The predicted molar refractivity (Wildman–Crippen MR) is 78.9 cm³/mol. The average molecular weight is 258 g/mol. The van der Waals surface area contributed by atoms with Crippen molar-refractivity contribution in [2.45, 2.75) is 38.9 Å². The first-order valence-electron chi connectivity index (χ1n) is 6.90. The first-order valence-corrected chi connectivity index (χ1v) is 6.90. The number of benzene rings is 1. The highest BCUT2D eigenvalue weighted by atomic mass is 16.5. The van der Waals surface area contributed by atoms with Crippen LogP contribution in [0.4, 0.5) is 0 Å². The van der Waals surface area contributed by atoms with Crippen LogP contribution in [0.1, 0.15) is 32.3 Å². The molecule has 1 aromatic carbocycles. The highest BCUT2D eigenvalue weighted by molar-refractivity contribution is 5.78. The maximum absolute atomic E-state index is 6.07. The number of rotatable bonds is 6. The molecule has 0 fully saturated rings. The van der Waals surface area contributed by atoms with E-state index in [0.717, 1.165) is 23.7 Å². The van der Waals surface area contributed by atoms with Crippen molar-refractivity contribution in [3.8, 4) is 0 Å². The normalized spacial score (nSPS) is 11.9. The van der Waals surface area contributed by atoms with Gasteiger partial charge in [0.05, 0.1) is 17.7 Å². The van der Waals surface area contributed by atoms with Gasteiger partial charge in [-0.1, -0.05) is 26.0 Å². The van der Waals surface area contributed by atoms with Crippen molar-refractivity contribution in [2.75, 3.05) is 6.54 Å². The zero-order valence-electron chi connectivity index (χ0n) is 11.7. The van der Waals surface area contributed by atoms with Gasteiger partial charge >= 0.3 is 0 Å². The van der Waals surface area contributed by atoms with Gasteiger partial charge in [-0.05, 0) is 36.6 Å². The third-order valence-corrected chi connectivity index (χ3v) is 3.87. The summed E-state index contributed by atoms with van der Waals surface area (Å²) in [5.74, 6) is 0. The molecule has 0 unspecified atom stereocenters. The number of nitrogens with zero attached hydrogens (tertiary/aromatic N) is 1. The van der Waals surface area contributed by atoms with E-state index in [9.17, 15) is 0 Å². The van der Waals surface area contributed by atoms with E-state index < -0.39 is 0 Å². The molecular formula is C16H22N2O. The number of hydrogen-bond acceptors (Lipinski definition) is 3. The van der Waals surface area contributed by atoms with Crippen molar-refractivity contribution in [1.29, 1.82) is 0 Å². The zero-order valence-corrected chi connectivity index (χ0v) is 11.7. The summed E-state index contributed by atoms with van der Waals surface area (Å²) in [5, 5.41) is 1.15. The van der Waals surface area contributed by atoms with E-state index in [1.165, 1.54) is 5.56 Å². The molecule has 0 saturated heterocycles. The van der Waals surface area contributed by atoms with Crippen LogP contribution < -0.4 is 5.73 Å². The molecule has 0 spiro atoms. The fourth-order valence-electron chi connectivity index (χ4n) is 2.25. The molecule has 0 atom stereocenters. The maximum Gasteiger partial charge on any atom is 0.0803 e. The molecule has 0 bridgehead atoms. The van der Waals surface area contributed by atoms with Crippen molar-refractivity contribution in [1.82, 2.24) is 4.98 Å². The standard InChI is InChI=1S/C16H22N2O/c1-3-16(4-2,12-17)19-11-13-7-8-15-14(10-13)6-5-9-18-15/h5-10H,3-4,11-12,17H2,1-2H3. The van der Waals surface area contributed by atoms with Crippen LogP contribution in [-0.2, 0) is 11.3 Å². The van der Waals surface area contributed by atoms with Crippen LogP contribution in [0.3, 0.4) is 0 Å². The Bertz CT molecular complexity index is 527. The number of pyridine rings is 1. The van der Waals surface area contributed by atoms with Crippen LogP contribution in [0, 0.1) is 0 Å². The van der Waals surface area contributed by atoms with Gasteiger partial charge < -0.3 is 10.5 Å². The Morgan fingerprint density at radius 2 is 2.00 bits per heavy atom. The molecule has 0 amide bonds. The van der Waals surface area contributed by atoms with Gasteiger partial charge in [-0.15, -0.1) is 0 Å². The van der Waals surface area contributed by atoms with Gasteiger partial charge in [0.25, 0.3) is 0 Å². The lowest BCUT2D eigenvalue weighted by Crippen LogP contribution is -2.39. The molecule has 2 N–H and O–H groups in total. The summed E-state index contributed by atoms with van der Waals surface area (Å²) >= 11 is 0. The largest absolute Gasteiger partial charge is 0.369 e. The first-order chi connectivity index (χ1) is 9.23. The molecule has 0 radical (unpaired) electrons. The first kappa shape index (κ1) is 14.0. The van der Waals surface area contributed by atoms with E-state index in [4.69, 9.17) is 10.5 Å². The number of nitrogens with two attached hydrogens (primary N) is 1. The fraction of sp³-hybridized carbons (Fsp3) is 0.438. The van der Waals surface area contributed by atoms with Crippen LogP contribution >= 0.6 is 0 Å². The van der Waals surface area contributed by atoms with E-state index in [-0.39, 0.29) is 5.60 Å². The van der Waals surface area contributed by atoms with Crippen molar-refractivity contribution in [3.63, 3.8) is 0 Å². The fourth-order valence-corrected chi connectivity index (χ4v) is 2.25. The van der Waals surface area contributed by atoms with Crippen LogP contribution in [0.15, 0.2) is 36.5 Å². The summed E-state index contributed by atoms with van der Waals surface area (Å²) in [6.07, 6.45) is 3.69. The zero-order chi connectivity index (χ0) is 13.7. The molecule has 0 aliphatic carbocycles. The van der Waals surface area contributed by atoms with Gasteiger partial charge in [-0.2, -0.15) is 0 Å². The number of ether oxygens (including phenoxy) is 1. The van der Waals surface area contributed by atoms with Crippen LogP contribution in [-0.4, -0.2) is 17.1 Å². The Hall–Kier alpha value is -1.45. The topological polar surface area (TPSA) is 48.1 Å². The Morgan fingerprint density at radius 1 is 1.21 bits per heavy atom. The van der Waals surface area contributed by atoms with E-state index in [1.54, 1.807) is 0 Å². The van der Waals surface area contributed by atoms with E-state index in [2.05, 4.69) is 37.0 Å². The smallest absolute Gasteiger partial charge is 0.0803 e. The molecule has 102 valence electrons. The summed E-state index contributed by atoms with van der Waals surface area (Å²) in [5.41, 5.74) is 7.84. The molecular weight excluding hydrogens is 236 g/mol. The molecule has 3 nitrogen and oxygen atoms in total. The third-order valence-electron chi connectivity index (χ3n) is 3.87. The highest BCUT2D eigenvalue weighted by Gasteiger charge is 2.24. The minimum absolute atomic E-state index is 0.191. The highest BCUT2D eigenvalue weighted by Crippen LogP contribution is 2.22.